The highest BCUT2D eigenvalue weighted by Crippen LogP contribution is 2.34. The van der Waals surface area contributed by atoms with Crippen molar-refractivity contribution in [2.75, 3.05) is 36.0 Å². The fourth-order valence-electron chi connectivity index (χ4n) is 4.64. The normalized spacial score (nSPS) is 18.9. The molecule has 35 heavy (non-hydrogen) atoms. The molecule has 1 atom stereocenters. The number of halogens is 2. The van der Waals surface area contributed by atoms with Crippen molar-refractivity contribution >= 4 is 23.4 Å². The van der Waals surface area contributed by atoms with Gasteiger partial charge in [-0.2, -0.15) is 4.80 Å². The molecule has 12 heteroatoms. The summed E-state index contributed by atoms with van der Waals surface area (Å²) >= 11 is 0. The van der Waals surface area contributed by atoms with Crippen molar-refractivity contribution in [3.63, 3.8) is 0 Å². The third-order valence-electron chi connectivity index (χ3n) is 6.67. The first-order valence-corrected chi connectivity index (χ1v) is 12.1. The number of aromatic nitrogens is 4. The van der Waals surface area contributed by atoms with Crippen molar-refractivity contribution in [3.05, 3.63) is 29.6 Å². The summed E-state index contributed by atoms with van der Waals surface area (Å²) in [5.74, 6) is -0.724. The summed E-state index contributed by atoms with van der Waals surface area (Å²) in [7, 11) is 0. The first kappa shape index (κ1) is 24.8. The number of benzene rings is 1. The topological polar surface area (TPSA) is 105 Å². The molecule has 2 fully saturated rings. The van der Waals surface area contributed by atoms with Crippen molar-refractivity contribution < 1.29 is 23.1 Å². The Morgan fingerprint density at radius 1 is 1.20 bits per heavy atom. The van der Waals surface area contributed by atoms with E-state index in [9.17, 15) is 9.59 Å². The average Bonchev–Trinajstić information content (AvgIpc) is 3.46. The van der Waals surface area contributed by atoms with E-state index in [0.717, 1.165) is 30.8 Å². The molecule has 0 aliphatic carbocycles. The van der Waals surface area contributed by atoms with Crippen LogP contribution in [0, 0.1) is 11.6 Å². The second-order valence-electron chi connectivity index (χ2n) is 9.01. The summed E-state index contributed by atoms with van der Waals surface area (Å²) in [6, 6.07) is 2.31. The Labute approximate surface area is 202 Å². The highest BCUT2D eigenvalue weighted by Gasteiger charge is 2.34. The molecule has 2 aromatic rings. The summed E-state index contributed by atoms with van der Waals surface area (Å²) in [5.41, 5.74) is -0.0338. The second kappa shape index (κ2) is 10.5. The maximum absolute atomic E-state index is 15.1. The minimum absolute atomic E-state index is 0.0205. The number of anilines is 2. The molecule has 0 bridgehead atoms. The van der Waals surface area contributed by atoms with Gasteiger partial charge < -0.3 is 15.0 Å². The molecule has 0 radical (unpaired) electrons. The van der Waals surface area contributed by atoms with Crippen LogP contribution in [-0.2, 0) is 9.53 Å². The Morgan fingerprint density at radius 2 is 1.86 bits per heavy atom. The van der Waals surface area contributed by atoms with Crippen LogP contribution in [0.15, 0.2) is 12.1 Å². The van der Waals surface area contributed by atoms with E-state index in [2.05, 4.69) is 34.6 Å². The van der Waals surface area contributed by atoms with Crippen LogP contribution < -0.4 is 15.1 Å². The Morgan fingerprint density at radius 3 is 2.46 bits per heavy atom. The van der Waals surface area contributed by atoms with Crippen LogP contribution in [-0.4, -0.2) is 64.5 Å². The number of rotatable bonds is 8. The van der Waals surface area contributed by atoms with Gasteiger partial charge in [0.05, 0.1) is 24.8 Å². The molecule has 0 unspecified atom stereocenters. The third kappa shape index (κ3) is 5.35. The molecular weight excluding hydrogens is 460 g/mol. The van der Waals surface area contributed by atoms with E-state index < -0.39 is 23.8 Å². The van der Waals surface area contributed by atoms with E-state index in [1.807, 2.05) is 0 Å². The van der Waals surface area contributed by atoms with Gasteiger partial charge in [-0.15, -0.1) is 10.2 Å². The maximum Gasteiger partial charge on any atom is 0.414 e. The molecule has 2 saturated heterocycles. The highest BCUT2D eigenvalue weighted by atomic mass is 19.1. The van der Waals surface area contributed by atoms with E-state index in [1.54, 1.807) is 9.70 Å². The minimum atomic E-state index is -0.744. The number of ether oxygens (including phenoxy) is 1. The minimum Gasteiger partial charge on any atom is -0.442 e. The molecule has 1 N–H and O–H groups in total. The molecule has 0 spiro atoms. The lowest BCUT2D eigenvalue weighted by molar-refractivity contribution is -0.119. The van der Waals surface area contributed by atoms with Gasteiger partial charge in [-0.3, -0.25) is 9.69 Å². The van der Waals surface area contributed by atoms with Crippen molar-refractivity contribution in [3.8, 4) is 0 Å². The van der Waals surface area contributed by atoms with Gasteiger partial charge in [0.1, 0.15) is 11.8 Å². The molecule has 0 saturated carbocycles. The number of piperidine rings is 1. The number of tetrazole rings is 1. The van der Waals surface area contributed by atoms with Crippen LogP contribution in [0.2, 0.25) is 0 Å². The lowest BCUT2D eigenvalue weighted by Gasteiger charge is -2.33. The van der Waals surface area contributed by atoms with Gasteiger partial charge in [0.15, 0.2) is 17.5 Å². The van der Waals surface area contributed by atoms with Crippen molar-refractivity contribution in [2.24, 2.45) is 0 Å². The molecule has 2 aliphatic heterocycles. The van der Waals surface area contributed by atoms with Gasteiger partial charge in [0, 0.05) is 38.1 Å². The van der Waals surface area contributed by atoms with Gasteiger partial charge in [0.25, 0.3) is 0 Å². The molecule has 10 nitrogen and oxygen atoms in total. The second-order valence-corrected chi connectivity index (χ2v) is 9.01. The number of hydrogen-bond acceptors (Lipinski definition) is 7. The van der Waals surface area contributed by atoms with Gasteiger partial charge in [-0.25, -0.2) is 13.6 Å². The SMILES string of the molecule is CCC(CC)c1nnn(C2CCN(c3c(F)cc(N4C[C@H](CNC(C)=O)OC4=O)cc3F)CC2)n1. The summed E-state index contributed by atoms with van der Waals surface area (Å²) in [6.07, 6.45) is 1.85. The number of carbonyl (C=O) groups excluding carboxylic acids is 2. The first-order chi connectivity index (χ1) is 16.8. The quantitative estimate of drug-likeness (QED) is 0.605. The van der Waals surface area contributed by atoms with E-state index in [-0.39, 0.29) is 42.3 Å². The van der Waals surface area contributed by atoms with Crippen LogP contribution in [0.1, 0.15) is 64.2 Å². The molecule has 190 valence electrons. The lowest BCUT2D eigenvalue weighted by atomic mass is 10.0. The Bertz CT molecular complexity index is 1040. The maximum atomic E-state index is 15.1. The number of nitrogens with zero attached hydrogens (tertiary/aromatic N) is 6. The van der Waals surface area contributed by atoms with Gasteiger partial charge in [-0.05, 0) is 30.9 Å². The first-order valence-electron chi connectivity index (χ1n) is 12.1. The Balaban J connectivity index is 1.41. The van der Waals surface area contributed by atoms with Crippen LogP contribution in [0.5, 0.6) is 0 Å². The molecular formula is C23H31F2N7O3. The predicted octanol–water partition coefficient (Wildman–Crippen LogP) is 3.16. The molecule has 2 aliphatic rings. The Hall–Kier alpha value is -3.31. The summed E-state index contributed by atoms with van der Waals surface area (Å²) in [6.45, 7) is 6.64. The van der Waals surface area contributed by atoms with Crippen LogP contribution in [0.3, 0.4) is 0 Å². The van der Waals surface area contributed by atoms with Crippen LogP contribution in [0.4, 0.5) is 25.0 Å². The van der Waals surface area contributed by atoms with E-state index in [0.29, 0.717) is 25.9 Å². The fraction of sp³-hybridized carbons (Fsp3) is 0.609. The lowest BCUT2D eigenvalue weighted by Crippen LogP contribution is -2.36. The van der Waals surface area contributed by atoms with E-state index in [4.69, 9.17) is 4.74 Å². The smallest absolute Gasteiger partial charge is 0.414 e. The van der Waals surface area contributed by atoms with E-state index in [1.165, 1.54) is 11.8 Å². The molecule has 4 rings (SSSR count). The zero-order valence-electron chi connectivity index (χ0n) is 20.2. The third-order valence-corrected chi connectivity index (χ3v) is 6.67. The zero-order valence-corrected chi connectivity index (χ0v) is 20.2. The summed E-state index contributed by atoms with van der Waals surface area (Å²) < 4.78 is 35.3. The number of cyclic esters (lactones) is 1. The van der Waals surface area contributed by atoms with Gasteiger partial charge >= 0.3 is 6.09 Å². The molecule has 1 aromatic heterocycles. The zero-order chi connectivity index (χ0) is 25.1. The van der Waals surface area contributed by atoms with Crippen LogP contribution in [0.25, 0.3) is 0 Å². The Kier molecular flexibility index (Phi) is 7.46. The number of amides is 2. The fourth-order valence-corrected chi connectivity index (χ4v) is 4.64. The monoisotopic (exact) mass is 491 g/mol. The molecule has 2 amide bonds. The largest absolute Gasteiger partial charge is 0.442 e. The highest BCUT2D eigenvalue weighted by molar-refractivity contribution is 5.90. The standard InChI is InChI=1S/C23H31F2N7O3/c1-4-15(5-2)22-27-29-32(28-22)16-6-8-30(9-7-16)21-19(24)10-17(11-20(21)25)31-13-18(35-23(31)34)12-26-14(3)33/h10-11,15-16,18H,4-9,12-13H2,1-3H3,(H,26,33)/t18-/m0/s1. The molecule has 3 heterocycles. The predicted molar refractivity (Wildman–Crippen MR) is 124 cm³/mol. The van der Waals surface area contributed by atoms with E-state index >= 15 is 8.78 Å². The number of hydrogen-bond donors (Lipinski definition) is 1. The van der Waals surface area contributed by atoms with Gasteiger partial charge in [0.2, 0.25) is 5.91 Å². The van der Waals surface area contributed by atoms with Crippen molar-refractivity contribution in [2.45, 2.75) is 64.5 Å². The average molecular weight is 492 g/mol. The molecule has 1 aromatic carbocycles. The number of nitrogens with one attached hydrogen (secondary N) is 1. The van der Waals surface area contributed by atoms with Crippen molar-refractivity contribution in [1.29, 1.82) is 0 Å². The van der Waals surface area contributed by atoms with Gasteiger partial charge in [-0.1, -0.05) is 13.8 Å². The van der Waals surface area contributed by atoms with Crippen molar-refractivity contribution in [1.82, 2.24) is 25.5 Å². The summed E-state index contributed by atoms with van der Waals surface area (Å²) in [5, 5.41) is 15.5. The summed E-state index contributed by atoms with van der Waals surface area (Å²) in [4.78, 5) is 27.8. The number of carbonyl (C=O) groups is 2. The van der Waals surface area contributed by atoms with Crippen LogP contribution >= 0.6 is 0 Å².